The van der Waals surface area contributed by atoms with Gasteiger partial charge >= 0.3 is 0 Å². The molecule has 2 aromatic rings. The summed E-state index contributed by atoms with van der Waals surface area (Å²) in [6, 6.07) is 13.1. The van der Waals surface area contributed by atoms with Crippen molar-refractivity contribution in [2.45, 2.75) is 16.6 Å². The van der Waals surface area contributed by atoms with Gasteiger partial charge in [0.1, 0.15) is 6.61 Å². The Kier molecular flexibility index (Phi) is 3.67. The molecule has 3 rings (SSSR count). The highest BCUT2D eigenvalue weighted by molar-refractivity contribution is 8.00. The third-order valence-electron chi connectivity index (χ3n) is 3.05. The lowest BCUT2D eigenvalue weighted by Gasteiger charge is -2.11. The Morgan fingerprint density at radius 2 is 2.05 bits per heavy atom. The van der Waals surface area contributed by atoms with E-state index in [0.29, 0.717) is 11.9 Å². The zero-order valence-corrected chi connectivity index (χ0v) is 11.7. The summed E-state index contributed by atoms with van der Waals surface area (Å²) >= 11 is 7.51. The summed E-state index contributed by atoms with van der Waals surface area (Å²) in [5.74, 6) is -0.256. The molecule has 98 valence electrons. The Balaban J connectivity index is 1.64. The van der Waals surface area contributed by atoms with E-state index >= 15 is 0 Å². The van der Waals surface area contributed by atoms with Crippen LogP contribution in [0.3, 0.4) is 0 Å². The fourth-order valence-electron chi connectivity index (χ4n) is 2.13. The molecule has 4 heteroatoms. The minimum Gasteiger partial charge on any atom is -0.489 e. The van der Waals surface area contributed by atoms with Gasteiger partial charge in [-0.05, 0) is 30.2 Å². The molecule has 2 aromatic carbocycles. The second-order valence-electron chi connectivity index (χ2n) is 4.41. The smallest absolute Gasteiger partial charge is 0.183 e. The molecule has 0 N–H and O–H groups in total. The first-order chi connectivity index (χ1) is 9.24. The van der Waals surface area contributed by atoms with Crippen molar-refractivity contribution >= 4 is 23.4 Å². The van der Waals surface area contributed by atoms with E-state index < -0.39 is 5.82 Å². The van der Waals surface area contributed by atoms with Crippen LogP contribution in [0.1, 0.15) is 5.56 Å². The minimum atomic E-state index is -0.482. The fourth-order valence-corrected chi connectivity index (χ4v) is 3.51. The number of hydrogen-bond donors (Lipinski definition) is 0. The monoisotopic (exact) mass is 294 g/mol. The number of hydrogen-bond acceptors (Lipinski definition) is 2. The van der Waals surface area contributed by atoms with E-state index in [-0.39, 0.29) is 10.8 Å². The number of halogens is 2. The van der Waals surface area contributed by atoms with Crippen LogP contribution in [0.25, 0.3) is 0 Å². The SMILES string of the molecule is Fc1c(Cl)cccc1OCC1Cc2ccccc2S1. The van der Waals surface area contributed by atoms with Crippen LogP contribution in [-0.2, 0) is 6.42 Å². The molecule has 0 radical (unpaired) electrons. The Labute approximate surface area is 120 Å². The second-order valence-corrected chi connectivity index (χ2v) is 6.16. The summed E-state index contributed by atoms with van der Waals surface area (Å²) in [4.78, 5) is 1.29. The lowest BCUT2D eigenvalue weighted by molar-refractivity contribution is 0.301. The topological polar surface area (TPSA) is 9.23 Å². The molecule has 0 aromatic heterocycles. The average Bonchev–Trinajstić information content (AvgIpc) is 2.83. The molecule has 0 saturated carbocycles. The Morgan fingerprint density at radius 3 is 2.89 bits per heavy atom. The van der Waals surface area contributed by atoms with Crippen LogP contribution >= 0.6 is 23.4 Å². The number of ether oxygens (including phenoxy) is 1. The summed E-state index contributed by atoms with van der Waals surface area (Å²) < 4.78 is 19.2. The molecule has 0 bridgehead atoms. The molecule has 0 saturated heterocycles. The molecular formula is C15H12ClFOS. The Bertz CT molecular complexity index is 577. The zero-order valence-electron chi connectivity index (χ0n) is 10.1. The molecule has 1 unspecified atom stereocenters. The molecule has 0 spiro atoms. The number of rotatable bonds is 3. The maximum atomic E-state index is 13.7. The van der Waals surface area contributed by atoms with E-state index in [1.165, 1.54) is 16.5 Å². The highest BCUT2D eigenvalue weighted by atomic mass is 35.5. The van der Waals surface area contributed by atoms with Crippen molar-refractivity contribution in [2.75, 3.05) is 6.61 Å². The van der Waals surface area contributed by atoms with Crippen LogP contribution < -0.4 is 4.74 Å². The lowest BCUT2D eigenvalue weighted by atomic mass is 10.1. The molecule has 1 atom stereocenters. The maximum Gasteiger partial charge on any atom is 0.183 e. The van der Waals surface area contributed by atoms with E-state index in [9.17, 15) is 4.39 Å². The van der Waals surface area contributed by atoms with Gasteiger partial charge in [-0.1, -0.05) is 35.9 Å². The molecule has 1 aliphatic heterocycles. The van der Waals surface area contributed by atoms with Crippen LogP contribution in [-0.4, -0.2) is 11.9 Å². The highest BCUT2D eigenvalue weighted by Crippen LogP contribution is 2.37. The summed E-state index contributed by atoms with van der Waals surface area (Å²) in [7, 11) is 0. The molecule has 0 fully saturated rings. The summed E-state index contributed by atoms with van der Waals surface area (Å²) in [6.07, 6.45) is 0.961. The van der Waals surface area contributed by atoms with Gasteiger partial charge in [0.05, 0.1) is 5.02 Å². The molecule has 0 aliphatic carbocycles. The molecular weight excluding hydrogens is 283 g/mol. The predicted octanol–water partition coefficient (Wildman–Crippen LogP) is 4.57. The number of thioether (sulfide) groups is 1. The Hall–Kier alpha value is -1.19. The lowest BCUT2D eigenvalue weighted by Crippen LogP contribution is -2.14. The van der Waals surface area contributed by atoms with E-state index in [0.717, 1.165) is 6.42 Å². The average molecular weight is 295 g/mol. The normalized spacial score (nSPS) is 17.3. The van der Waals surface area contributed by atoms with Crippen molar-refractivity contribution in [2.24, 2.45) is 0 Å². The largest absolute Gasteiger partial charge is 0.489 e. The highest BCUT2D eigenvalue weighted by Gasteiger charge is 2.22. The zero-order chi connectivity index (χ0) is 13.2. The summed E-state index contributed by atoms with van der Waals surface area (Å²) in [5, 5.41) is 0.427. The third-order valence-corrected chi connectivity index (χ3v) is 4.63. The van der Waals surface area contributed by atoms with Gasteiger partial charge in [0.25, 0.3) is 0 Å². The van der Waals surface area contributed by atoms with Crippen LogP contribution in [0, 0.1) is 5.82 Å². The molecule has 0 amide bonds. The predicted molar refractivity (Wildman–Crippen MR) is 76.7 cm³/mol. The van der Waals surface area contributed by atoms with Gasteiger partial charge in [0, 0.05) is 10.1 Å². The summed E-state index contributed by atoms with van der Waals surface area (Å²) in [6.45, 7) is 0.483. The molecule has 1 nitrogen and oxygen atoms in total. The van der Waals surface area contributed by atoms with E-state index in [2.05, 4.69) is 12.1 Å². The number of fused-ring (bicyclic) bond motifs is 1. The second kappa shape index (κ2) is 5.43. The van der Waals surface area contributed by atoms with Gasteiger partial charge in [-0.25, -0.2) is 4.39 Å². The number of benzene rings is 2. The fraction of sp³-hybridized carbons (Fsp3) is 0.200. The first kappa shape index (κ1) is 12.8. The quantitative estimate of drug-likeness (QED) is 0.820. The van der Waals surface area contributed by atoms with Gasteiger partial charge in [0.2, 0.25) is 0 Å². The van der Waals surface area contributed by atoms with Crippen LogP contribution in [0.2, 0.25) is 5.02 Å². The van der Waals surface area contributed by atoms with E-state index in [4.69, 9.17) is 16.3 Å². The van der Waals surface area contributed by atoms with Gasteiger partial charge in [-0.2, -0.15) is 0 Å². The maximum absolute atomic E-state index is 13.7. The van der Waals surface area contributed by atoms with Gasteiger partial charge in [0.15, 0.2) is 11.6 Å². The van der Waals surface area contributed by atoms with Gasteiger partial charge in [-0.3, -0.25) is 0 Å². The van der Waals surface area contributed by atoms with Crippen molar-refractivity contribution in [1.29, 1.82) is 0 Å². The van der Waals surface area contributed by atoms with Crippen LogP contribution in [0.15, 0.2) is 47.4 Å². The standard InChI is InChI=1S/C15H12ClFOS/c16-12-5-3-6-13(15(12)17)18-9-11-8-10-4-1-2-7-14(10)19-11/h1-7,11H,8-9H2. The third kappa shape index (κ3) is 2.72. The van der Waals surface area contributed by atoms with Crippen LogP contribution in [0.4, 0.5) is 4.39 Å². The van der Waals surface area contributed by atoms with Crippen molar-refractivity contribution in [3.63, 3.8) is 0 Å². The van der Waals surface area contributed by atoms with E-state index in [1.54, 1.807) is 23.9 Å². The molecule has 1 aliphatic rings. The van der Waals surface area contributed by atoms with E-state index in [1.807, 2.05) is 12.1 Å². The Morgan fingerprint density at radius 1 is 1.21 bits per heavy atom. The molecule has 19 heavy (non-hydrogen) atoms. The first-order valence-corrected chi connectivity index (χ1v) is 7.31. The first-order valence-electron chi connectivity index (χ1n) is 6.05. The van der Waals surface area contributed by atoms with Gasteiger partial charge in [-0.15, -0.1) is 11.8 Å². The minimum absolute atomic E-state index is 0.0971. The molecule has 1 heterocycles. The van der Waals surface area contributed by atoms with Crippen molar-refractivity contribution in [1.82, 2.24) is 0 Å². The van der Waals surface area contributed by atoms with Crippen molar-refractivity contribution < 1.29 is 9.13 Å². The van der Waals surface area contributed by atoms with Crippen LogP contribution in [0.5, 0.6) is 5.75 Å². The van der Waals surface area contributed by atoms with Gasteiger partial charge < -0.3 is 4.74 Å². The van der Waals surface area contributed by atoms with Crippen molar-refractivity contribution in [3.05, 3.63) is 58.9 Å². The van der Waals surface area contributed by atoms with Crippen molar-refractivity contribution in [3.8, 4) is 5.75 Å². The summed E-state index contributed by atoms with van der Waals surface area (Å²) in [5.41, 5.74) is 1.34.